The van der Waals surface area contributed by atoms with Crippen LogP contribution in [0.15, 0.2) is 0 Å². The fourth-order valence-corrected chi connectivity index (χ4v) is 1.55. The molecule has 3 heteroatoms. The lowest BCUT2D eigenvalue weighted by Crippen LogP contribution is -2.17. The number of hydrogen-bond acceptors (Lipinski definition) is 3. The second-order valence-corrected chi connectivity index (χ2v) is 3.81. The summed E-state index contributed by atoms with van der Waals surface area (Å²) in [6.07, 6.45) is 5.05. The molecule has 0 amide bonds. The van der Waals surface area contributed by atoms with Gasteiger partial charge in [-0.1, -0.05) is 6.92 Å². The normalized spacial score (nSPS) is 21.6. The quantitative estimate of drug-likeness (QED) is 0.605. The maximum Gasteiger partial charge on any atom is 0.0830 e. The Morgan fingerprint density at radius 1 is 1.36 bits per heavy atom. The molecule has 84 valence electrons. The molecule has 0 aromatic rings. The van der Waals surface area contributed by atoms with Crippen molar-refractivity contribution in [3.63, 3.8) is 0 Å². The molecule has 3 nitrogen and oxygen atoms in total. The van der Waals surface area contributed by atoms with Crippen LogP contribution in [-0.4, -0.2) is 39.0 Å². The molecule has 0 radical (unpaired) electrons. The molecule has 1 aliphatic heterocycles. The number of rotatable bonds is 8. The van der Waals surface area contributed by atoms with Crippen molar-refractivity contribution in [1.82, 2.24) is 5.32 Å². The minimum absolute atomic E-state index is 0.374. The molecule has 1 aliphatic rings. The number of unbranched alkanes of at least 4 members (excludes halogenated alkanes) is 1. The van der Waals surface area contributed by atoms with E-state index in [2.05, 4.69) is 12.2 Å². The van der Waals surface area contributed by atoms with Crippen molar-refractivity contribution in [2.24, 2.45) is 0 Å². The molecule has 0 aliphatic carbocycles. The topological polar surface area (TPSA) is 30.5 Å². The van der Waals surface area contributed by atoms with Crippen molar-refractivity contribution in [2.45, 2.75) is 38.7 Å². The summed E-state index contributed by atoms with van der Waals surface area (Å²) in [5.41, 5.74) is 0. The van der Waals surface area contributed by atoms with Crippen molar-refractivity contribution >= 4 is 0 Å². The smallest absolute Gasteiger partial charge is 0.0830 e. The van der Waals surface area contributed by atoms with E-state index < -0.39 is 0 Å². The van der Waals surface area contributed by atoms with E-state index in [4.69, 9.17) is 9.47 Å². The Balaban J connectivity index is 1.75. The molecular formula is C11H23NO2. The molecule has 1 heterocycles. The highest BCUT2D eigenvalue weighted by Gasteiger charge is 2.14. The van der Waals surface area contributed by atoms with Crippen LogP contribution in [0.1, 0.15) is 32.6 Å². The van der Waals surface area contributed by atoms with Gasteiger partial charge < -0.3 is 14.8 Å². The molecule has 14 heavy (non-hydrogen) atoms. The molecule has 1 saturated heterocycles. The molecule has 0 bridgehead atoms. The van der Waals surface area contributed by atoms with Gasteiger partial charge in [0.25, 0.3) is 0 Å². The molecule has 0 aromatic heterocycles. The zero-order chi connectivity index (χ0) is 10.1. The van der Waals surface area contributed by atoms with Crippen LogP contribution in [0.2, 0.25) is 0 Å². The Bertz CT molecular complexity index is 124. The van der Waals surface area contributed by atoms with Gasteiger partial charge in [-0.3, -0.25) is 0 Å². The van der Waals surface area contributed by atoms with E-state index in [1.54, 1.807) is 0 Å². The van der Waals surface area contributed by atoms with E-state index in [-0.39, 0.29) is 0 Å². The van der Waals surface area contributed by atoms with Crippen molar-refractivity contribution < 1.29 is 9.47 Å². The van der Waals surface area contributed by atoms with Gasteiger partial charge in [0.2, 0.25) is 0 Å². The summed E-state index contributed by atoms with van der Waals surface area (Å²) in [5, 5.41) is 3.38. The van der Waals surface area contributed by atoms with E-state index in [0.29, 0.717) is 6.10 Å². The third-order valence-electron chi connectivity index (χ3n) is 2.42. The fourth-order valence-electron chi connectivity index (χ4n) is 1.55. The highest BCUT2D eigenvalue weighted by Crippen LogP contribution is 2.08. The van der Waals surface area contributed by atoms with Crippen LogP contribution >= 0.6 is 0 Å². The Labute approximate surface area is 87.2 Å². The number of hydrogen-bond donors (Lipinski definition) is 1. The maximum atomic E-state index is 5.66. The third-order valence-corrected chi connectivity index (χ3v) is 2.42. The summed E-state index contributed by atoms with van der Waals surface area (Å²) >= 11 is 0. The monoisotopic (exact) mass is 201 g/mol. The van der Waals surface area contributed by atoms with Gasteiger partial charge in [0, 0.05) is 13.2 Å². The second kappa shape index (κ2) is 8.21. The van der Waals surface area contributed by atoms with E-state index in [9.17, 15) is 0 Å². The van der Waals surface area contributed by atoms with Gasteiger partial charge >= 0.3 is 0 Å². The van der Waals surface area contributed by atoms with Crippen LogP contribution in [0.3, 0.4) is 0 Å². The first kappa shape index (κ1) is 12.0. The van der Waals surface area contributed by atoms with Gasteiger partial charge in [-0.25, -0.2) is 0 Å². The van der Waals surface area contributed by atoms with E-state index >= 15 is 0 Å². The van der Waals surface area contributed by atoms with Crippen molar-refractivity contribution in [3.8, 4) is 0 Å². The van der Waals surface area contributed by atoms with Gasteiger partial charge in [-0.2, -0.15) is 0 Å². The van der Waals surface area contributed by atoms with Crippen LogP contribution in [0, 0.1) is 0 Å². The first-order valence-corrected chi connectivity index (χ1v) is 5.83. The molecule has 1 rings (SSSR count). The van der Waals surface area contributed by atoms with Gasteiger partial charge in [0.1, 0.15) is 0 Å². The molecule has 1 atom stereocenters. The second-order valence-electron chi connectivity index (χ2n) is 3.81. The minimum atomic E-state index is 0.374. The number of nitrogens with one attached hydrogen (secondary N) is 1. The Kier molecular flexibility index (Phi) is 7.01. The van der Waals surface area contributed by atoms with Gasteiger partial charge in [0.05, 0.1) is 12.7 Å². The molecule has 1 fully saturated rings. The largest absolute Gasteiger partial charge is 0.379 e. The van der Waals surface area contributed by atoms with Crippen LogP contribution in [0.25, 0.3) is 0 Å². The average molecular weight is 201 g/mol. The summed E-state index contributed by atoms with van der Waals surface area (Å²) in [5.74, 6) is 0. The van der Waals surface area contributed by atoms with Crippen LogP contribution in [0.4, 0.5) is 0 Å². The number of ether oxygens (including phenoxy) is 2. The molecule has 0 saturated carbocycles. The van der Waals surface area contributed by atoms with Gasteiger partial charge in [-0.15, -0.1) is 0 Å². The standard InChI is InChI=1S/C11H23NO2/c1-2-6-12-7-3-4-8-14-11-5-9-13-10-11/h11-12H,2-10H2,1H3. The van der Waals surface area contributed by atoms with Crippen LogP contribution in [0.5, 0.6) is 0 Å². The van der Waals surface area contributed by atoms with Gasteiger partial charge in [0.15, 0.2) is 0 Å². The summed E-state index contributed by atoms with van der Waals surface area (Å²) in [6, 6.07) is 0. The highest BCUT2D eigenvalue weighted by atomic mass is 16.5. The van der Waals surface area contributed by atoms with Crippen molar-refractivity contribution in [2.75, 3.05) is 32.9 Å². The van der Waals surface area contributed by atoms with Crippen molar-refractivity contribution in [1.29, 1.82) is 0 Å². The lowest BCUT2D eigenvalue weighted by molar-refractivity contribution is 0.0408. The Morgan fingerprint density at radius 3 is 3.00 bits per heavy atom. The Hall–Kier alpha value is -0.120. The Morgan fingerprint density at radius 2 is 2.29 bits per heavy atom. The molecule has 0 spiro atoms. The van der Waals surface area contributed by atoms with Crippen LogP contribution < -0.4 is 5.32 Å². The van der Waals surface area contributed by atoms with Crippen LogP contribution in [-0.2, 0) is 9.47 Å². The molecule has 0 aromatic carbocycles. The van der Waals surface area contributed by atoms with E-state index in [1.807, 2.05) is 0 Å². The summed E-state index contributed by atoms with van der Waals surface area (Å²) in [7, 11) is 0. The maximum absolute atomic E-state index is 5.66. The minimum Gasteiger partial charge on any atom is -0.379 e. The summed E-state index contributed by atoms with van der Waals surface area (Å²) in [6.45, 7) is 7.02. The fraction of sp³-hybridized carbons (Fsp3) is 1.00. The molecule has 1 N–H and O–H groups in total. The highest BCUT2D eigenvalue weighted by molar-refractivity contribution is 4.62. The first-order valence-electron chi connectivity index (χ1n) is 5.83. The third kappa shape index (κ3) is 5.58. The zero-order valence-corrected chi connectivity index (χ0v) is 9.26. The van der Waals surface area contributed by atoms with E-state index in [1.165, 1.54) is 12.8 Å². The predicted octanol–water partition coefficient (Wildman–Crippen LogP) is 1.57. The van der Waals surface area contributed by atoms with Crippen molar-refractivity contribution in [3.05, 3.63) is 0 Å². The zero-order valence-electron chi connectivity index (χ0n) is 9.26. The summed E-state index contributed by atoms with van der Waals surface area (Å²) < 4.78 is 10.9. The predicted molar refractivity (Wildman–Crippen MR) is 57.6 cm³/mol. The lowest BCUT2D eigenvalue weighted by Gasteiger charge is -2.09. The average Bonchev–Trinajstić information content (AvgIpc) is 2.69. The SMILES string of the molecule is CCCNCCCCOC1CCOC1. The first-order chi connectivity index (χ1) is 6.93. The van der Waals surface area contributed by atoms with E-state index in [0.717, 1.165) is 45.8 Å². The van der Waals surface area contributed by atoms with Gasteiger partial charge in [-0.05, 0) is 38.8 Å². The molecular weight excluding hydrogens is 178 g/mol. The summed E-state index contributed by atoms with van der Waals surface area (Å²) in [4.78, 5) is 0. The lowest BCUT2D eigenvalue weighted by atomic mass is 10.3. The molecule has 1 unspecified atom stereocenters.